The van der Waals surface area contributed by atoms with Gasteiger partial charge in [0.05, 0.1) is 51.0 Å². The predicted molar refractivity (Wildman–Crippen MR) is 140 cm³/mol. The molecule has 1 aliphatic rings. The van der Waals surface area contributed by atoms with Crippen LogP contribution in [0.1, 0.15) is 37.8 Å². The standard InChI is InChI=1S/C21H36ClN5O9P2/c1-32-9-10-34-11-12-35-38(31,15-37(28,29)30)36-14-18(33-2)8-7-17-13-23-20-19(24-16-5-3-4-6-16)25-21(22)26-27(17)20/h13,16,18H,3-12,14-15H2,1-2H3,(H,24,25,26)(H2,28,29,30)/t18-,38?/m0/s1. The number of nitrogens with one attached hydrogen (secondary N) is 1. The largest absolute Gasteiger partial charge is 0.382 e. The van der Waals surface area contributed by atoms with E-state index in [0.29, 0.717) is 43.6 Å². The van der Waals surface area contributed by atoms with Gasteiger partial charge in [0.2, 0.25) is 5.28 Å². The van der Waals surface area contributed by atoms with Gasteiger partial charge in [-0.05, 0) is 37.3 Å². The van der Waals surface area contributed by atoms with Gasteiger partial charge in [0, 0.05) is 20.3 Å². The molecule has 2 aromatic heterocycles. The second-order valence-corrected chi connectivity index (χ2v) is 13.4. The molecule has 0 radical (unpaired) electrons. The first-order valence-corrected chi connectivity index (χ1v) is 16.2. The smallest absolute Gasteiger partial charge is 0.342 e. The summed E-state index contributed by atoms with van der Waals surface area (Å²) in [6.07, 6.45) is 6.45. The summed E-state index contributed by atoms with van der Waals surface area (Å²) in [5.41, 5.74) is 1.32. The fourth-order valence-electron chi connectivity index (χ4n) is 4.03. The highest BCUT2D eigenvalue weighted by Crippen LogP contribution is 2.59. The Morgan fingerprint density at radius 2 is 1.89 bits per heavy atom. The molecule has 14 nitrogen and oxygen atoms in total. The van der Waals surface area contributed by atoms with Crippen LogP contribution in [-0.4, -0.2) is 94.7 Å². The zero-order valence-electron chi connectivity index (χ0n) is 21.5. The molecule has 2 heterocycles. The Morgan fingerprint density at radius 1 is 1.16 bits per heavy atom. The van der Waals surface area contributed by atoms with E-state index in [1.807, 2.05) is 0 Å². The van der Waals surface area contributed by atoms with Crippen LogP contribution < -0.4 is 5.32 Å². The van der Waals surface area contributed by atoms with E-state index in [0.717, 1.165) is 18.5 Å². The number of aryl methyl sites for hydroxylation is 1. The van der Waals surface area contributed by atoms with E-state index in [1.54, 1.807) is 10.7 Å². The van der Waals surface area contributed by atoms with Crippen molar-refractivity contribution in [3.8, 4) is 0 Å². The number of aromatic nitrogens is 4. The maximum atomic E-state index is 13.0. The average molecular weight is 600 g/mol. The minimum atomic E-state index is -4.68. The third kappa shape index (κ3) is 10.1. The molecule has 0 aromatic carbocycles. The maximum Gasteiger partial charge on any atom is 0.342 e. The van der Waals surface area contributed by atoms with Crippen LogP contribution in [0.15, 0.2) is 6.20 Å². The second-order valence-electron chi connectivity index (χ2n) is 8.89. The Bertz CT molecular complexity index is 1110. The number of imidazole rings is 1. The molecule has 0 amide bonds. The van der Waals surface area contributed by atoms with Crippen molar-refractivity contribution in [2.24, 2.45) is 0 Å². The molecule has 0 bridgehead atoms. The molecular weight excluding hydrogens is 564 g/mol. The van der Waals surface area contributed by atoms with Crippen molar-refractivity contribution in [1.82, 2.24) is 19.6 Å². The lowest BCUT2D eigenvalue weighted by Gasteiger charge is -2.22. The van der Waals surface area contributed by atoms with Crippen LogP contribution in [0, 0.1) is 0 Å². The number of ether oxygens (including phenoxy) is 3. The molecule has 0 saturated heterocycles. The lowest BCUT2D eigenvalue weighted by Crippen LogP contribution is -2.20. The summed E-state index contributed by atoms with van der Waals surface area (Å²) >= 11 is 6.18. The fraction of sp³-hybridized carbons (Fsp3) is 0.762. The van der Waals surface area contributed by atoms with E-state index in [4.69, 9.17) is 34.9 Å². The topological polar surface area (TPSA) is 176 Å². The maximum absolute atomic E-state index is 13.0. The van der Waals surface area contributed by atoms with Crippen molar-refractivity contribution in [2.45, 2.75) is 50.7 Å². The summed E-state index contributed by atoms with van der Waals surface area (Å²) in [5, 5.41) is 7.79. The Balaban J connectivity index is 1.59. The van der Waals surface area contributed by atoms with Gasteiger partial charge in [0.25, 0.3) is 0 Å². The quantitative estimate of drug-likeness (QED) is 0.168. The van der Waals surface area contributed by atoms with E-state index in [1.165, 1.54) is 27.1 Å². The number of anilines is 1. The van der Waals surface area contributed by atoms with E-state index in [-0.39, 0.29) is 25.1 Å². The summed E-state index contributed by atoms with van der Waals surface area (Å²) in [6, 6.07) is 0.322. The third-order valence-electron chi connectivity index (χ3n) is 5.92. The van der Waals surface area contributed by atoms with Crippen molar-refractivity contribution >= 4 is 38.3 Å². The summed E-state index contributed by atoms with van der Waals surface area (Å²) in [6.45, 7) is 0.349. The highest BCUT2D eigenvalue weighted by Gasteiger charge is 2.35. The number of hydrogen-bond donors (Lipinski definition) is 3. The van der Waals surface area contributed by atoms with Gasteiger partial charge in [0.15, 0.2) is 17.4 Å². The molecule has 216 valence electrons. The first-order valence-electron chi connectivity index (χ1n) is 12.3. The molecular formula is C21H36ClN5O9P2. The molecule has 1 unspecified atom stereocenters. The first kappa shape index (κ1) is 31.3. The van der Waals surface area contributed by atoms with Crippen LogP contribution in [0.25, 0.3) is 5.65 Å². The molecule has 17 heteroatoms. The second kappa shape index (κ2) is 15.0. The molecule has 1 saturated carbocycles. The van der Waals surface area contributed by atoms with Crippen LogP contribution in [-0.2, 0) is 38.8 Å². The molecule has 0 aliphatic heterocycles. The van der Waals surface area contributed by atoms with Gasteiger partial charge in [-0.2, -0.15) is 4.98 Å². The Labute approximate surface area is 226 Å². The first-order chi connectivity index (χ1) is 18.1. The van der Waals surface area contributed by atoms with Crippen molar-refractivity contribution in [3.63, 3.8) is 0 Å². The van der Waals surface area contributed by atoms with E-state index in [9.17, 15) is 18.9 Å². The van der Waals surface area contributed by atoms with Gasteiger partial charge in [-0.1, -0.05) is 12.8 Å². The van der Waals surface area contributed by atoms with Gasteiger partial charge in [-0.15, -0.1) is 5.10 Å². The molecule has 1 aliphatic carbocycles. The Kier molecular flexibility index (Phi) is 12.4. The van der Waals surface area contributed by atoms with Crippen molar-refractivity contribution < 1.29 is 42.2 Å². The number of fused-ring (bicyclic) bond motifs is 1. The minimum absolute atomic E-state index is 0.0574. The summed E-state index contributed by atoms with van der Waals surface area (Å²) < 4.78 is 52.4. The van der Waals surface area contributed by atoms with Crippen LogP contribution >= 0.6 is 26.8 Å². The molecule has 2 aromatic rings. The highest BCUT2D eigenvalue weighted by molar-refractivity contribution is 7.70. The van der Waals surface area contributed by atoms with E-state index in [2.05, 4.69) is 20.4 Å². The molecule has 2 atom stereocenters. The molecule has 1 fully saturated rings. The minimum Gasteiger partial charge on any atom is -0.382 e. The van der Waals surface area contributed by atoms with Crippen molar-refractivity contribution in [2.75, 3.05) is 58.5 Å². The number of hydrogen-bond acceptors (Lipinski definition) is 11. The molecule has 3 N–H and O–H groups in total. The summed E-state index contributed by atoms with van der Waals surface area (Å²) in [7, 11) is -5.83. The normalized spacial score (nSPS) is 17.2. The number of halogens is 1. The molecule has 0 spiro atoms. The van der Waals surface area contributed by atoms with Crippen LogP contribution in [0.2, 0.25) is 5.28 Å². The van der Waals surface area contributed by atoms with Crippen LogP contribution in [0.3, 0.4) is 0 Å². The van der Waals surface area contributed by atoms with Gasteiger partial charge in [0.1, 0.15) is 0 Å². The Morgan fingerprint density at radius 3 is 2.58 bits per heavy atom. The van der Waals surface area contributed by atoms with E-state index < -0.39 is 27.2 Å². The number of methoxy groups -OCH3 is 2. The number of nitrogens with zero attached hydrogens (tertiary/aromatic N) is 4. The number of rotatable bonds is 18. The van der Waals surface area contributed by atoms with Gasteiger partial charge in [-0.3, -0.25) is 9.13 Å². The third-order valence-corrected chi connectivity index (χ3v) is 10.1. The van der Waals surface area contributed by atoms with Crippen molar-refractivity contribution in [3.05, 3.63) is 17.2 Å². The predicted octanol–water partition coefficient (Wildman–Crippen LogP) is 3.10. The van der Waals surface area contributed by atoms with Gasteiger partial charge < -0.3 is 38.4 Å². The van der Waals surface area contributed by atoms with Crippen LogP contribution in [0.4, 0.5) is 5.82 Å². The van der Waals surface area contributed by atoms with E-state index >= 15 is 0 Å². The van der Waals surface area contributed by atoms with Crippen molar-refractivity contribution in [1.29, 1.82) is 0 Å². The summed E-state index contributed by atoms with van der Waals surface area (Å²) in [4.78, 5) is 27.5. The molecule has 38 heavy (non-hydrogen) atoms. The molecule has 3 rings (SSSR count). The Hall–Kier alpha value is -1.18. The SMILES string of the molecule is COCCOCCOP(=O)(CP(=O)(O)O)OC[C@H](CCc1cnc2c(NC3CCCC3)nc(Cl)nn12)OC. The zero-order chi connectivity index (χ0) is 27.6. The van der Waals surface area contributed by atoms with Gasteiger partial charge in [-0.25, -0.2) is 9.50 Å². The lowest BCUT2D eigenvalue weighted by molar-refractivity contribution is 0.0344. The fourth-order valence-corrected chi connectivity index (χ4v) is 7.47. The van der Waals surface area contributed by atoms with Crippen LogP contribution in [0.5, 0.6) is 0 Å². The highest BCUT2D eigenvalue weighted by atomic mass is 35.5. The average Bonchev–Trinajstić information content (AvgIpc) is 3.50. The monoisotopic (exact) mass is 599 g/mol. The van der Waals surface area contributed by atoms with Gasteiger partial charge >= 0.3 is 15.2 Å². The lowest BCUT2D eigenvalue weighted by atomic mass is 10.2. The summed E-state index contributed by atoms with van der Waals surface area (Å²) in [5.74, 6) is -0.468. The zero-order valence-corrected chi connectivity index (χ0v) is 24.1.